The predicted octanol–water partition coefficient (Wildman–Crippen LogP) is 2.99. The number of nitriles is 1. The maximum Gasteiger partial charge on any atom is 0.351 e. The zero-order chi connectivity index (χ0) is 17.4. The molecule has 0 bridgehead atoms. The van der Waals surface area contributed by atoms with E-state index in [-0.39, 0.29) is 5.68 Å². The number of hydrogen-bond donors (Lipinski definition) is 2. The van der Waals surface area contributed by atoms with Gasteiger partial charge in [0.2, 0.25) is 0 Å². The van der Waals surface area contributed by atoms with Crippen LogP contribution in [0.2, 0.25) is 6.32 Å². The summed E-state index contributed by atoms with van der Waals surface area (Å²) in [5.74, 6) is 2.87. The third-order valence-corrected chi connectivity index (χ3v) is 4.57. The van der Waals surface area contributed by atoms with Crippen LogP contribution < -0.4 is 5.32 Å². The van der Waals surface area contributed by atoms with E-state index in [4.69, 9.17) is 0 Å². The quantitative estimate of drug-likeness (QED) is 0.723. The lowest BCUT2D eigenvalue weighted by atomic mass is 9.41. The molecule has 1 aliphatic rings. The van der Waals surface area contributed by atoms with Crippen LogP contribution in [0.25, 0.3) is 11.5 Å². The minimum atomic E-state index is -0.589. The van der Waals surface area contributed by atoms with Crippen LogP contribution in [0.3, 0.4) is 0 Å². The molecule has 2 aromatic heterocycles. The Labute approximate surface area is 145 Å². The largest absolute Gasteiger partial charge is 0.354 e. The number of carbonyl (C=O) groups excluding carboxylic acids is 1. The van der Waals surface area contributed by atoms with Crippen molar-refractivity contribution in [3.05, 3.63) is 54.0 Å². The Hall–Kier alpha value is -3.27. The van der Waals surface area contributed by atoms with Gasteiger partial charge in [-0.25, -0.2) is 10.2 Å². The van der Waals surface area contributed by atoms with Crippen molar-refractivity contribution in [3.8, 4) is 17.5 Å². The van der Waals surface area contributed by atoms with E-state index in [1.807, 2.05) is 48.1 Å². The molecule has 0 atom stereocenters. The molecule has 4 rings (SSSR count). The lowest BCUT2D eigenvalue weighted by Crippen LogP contribution is -2.30. The van der Waals surface area contributed by atoms with E-state index in [1.54, 1.807) is 6.20 Å². The smallest absolute Gasteiger partial charge is 0.351 e. The van der Waals surface area contributed by atoms with Gasteiger partial charge in [-0.1, -0.05) is 18.2 Å². The Balaban J connectivity index is 1.90. The maximum absolute atomic E-state index is 12.8. The molecule has 0 fully saturated rings. The number of anilines is 2. The zero-order valence-electron chi connectivity index (χ0n) is 13.8. The molecule has 7 heteroatoms. The minimum absolute atomic E-state index is 0.126. The Morgan fingerprint density at radius 1 is 1.36 bits per heavy atom. The Morgan fingerprint density at radius 3 is 2.84 bits per heavy atom. The molecule has 0 amide bonds. The summed E-state index contributed by atoms with van der Waals surface area (Å²) in [6.45, 7) is -0.589. The van der Waals surface area contributed by atoms with Crippen LogP contribution in [0.15, 0.2) is 42.7 Å². The number of aryl methyl sites for hydroxylation is 2. The molecular formula is C18H16BN5O. The van der Waals surface area contributed by atoms with Gasteiger partial charge in [0.15, 0.2) is 5.82 Å². The second-order valence-electron chi connectivity index (χ2n) is 6.17. The van der Waals surface area contributed by atoms with Crippen molar-refractivity contribution >= 4 is 23.8 Å². The van der Waals surface area contributed by atoms with E-state index in [2.05, 4.69) is 21.3 Å². The molecule has 3 aromatic rings. The number of aromatic amines is 1. The topological polar surface area (TPSA) is 86.5 Å². The molecule has 0 unspecified atom stereocenters. The van der Waals surface area contributed by atoms with E-state index < -0.39 is 6.71 Å². The molecule has 0 saturated heterocycles. The van der Waals surface area contributed by atoms with Gasteiger partial charge in [0.25, 0.3) is 0 Å². The lowest BCUT2D eigenvalue weighted by molar-refractivity contribution is 0.107. The number of rotatable bonds is 3. The number of H-pyrrole nitrogens is 1. The molecule has 3 heterocycles. The summed E-state index contributed by atoms with van der Waals surface area (Å²) in [7, 11) is 1.91. The molecule has 25 heavy (non-hydrogen) atoms. The molecular weight excluding hydrogens is 313 g/mol. The fourth-order valence-electron chi connectivity index (χ4n) is 3.29. The third-order valence-electron chi connectivity index (χ3n) is 4.57. The number of benzene rings is 1. The highest BCUT2D eigenvalue weighted by Gasteiger charge is 2.36. The molecule has 122 valence electrons. The van der Waals surface area contributed by atoms with Crippen molar-refractivity contribution in [1.29, 1.82) is 5.26 Å². The third kappa shape index (κ3) is 2.52. The van der Waals surface area contributed by atoms with Crippen LogP contribution in [0.1, 0.15) is 16.1 Å². The first kappa shape index (κ1) is 15.3. The SMILES string of the molecule is Cn1ccnc1-c1[nH]c2c(c1Nc1ccccc1)C(=O)B(C#N)CC2. The summed E-state index contributed by atoms with van der Waals surface area (Å²) >= 11 is 0. The average molecular weight is 329 g/mol. The first-order valence-electron chi connectivity index (χ1n) is 8.17. The molecule has 1 aliphatic heterocycles. The first-order chi connectivity index (χ1) is 12.2. The second kappa shape index (κ2) is 5.98. The summed E-state index contributed by atoms with van der Waals surface area (Å²) in [5.41, 5.74) is 3.67. The van der Waals surface area contributed by atoms with Crippen molar-refractivity contribution in [2.24, 2.45) is 7.05 Å². The van der Waals surface area contributed by atoms with E-state index in [0.717, 1.165) is 22.9 Å². The van der Waals surface area contributed by atoms with Crippen LogP contribution in [0.5, 0.6) is 0 Å². The maximum atomic E-state index is 12.8. The van der Waals surface area contributed by atoms with Gasteiger partial charge in [0, 0.05) is 36.8 Å². The van der Waals surface area contributed by atoms with Gasteiger partial charge in [0.05, 0.1) is 11.3 Å². The van der Waals surface area contributed by atoms with Crippen LogP contribution in [0.4, 0.5) is 11.4 Å². The van der Waals surface area contributed by atoms with Gasteiger partial charge in [0.1, 0.15) is 11.4 Å². The molecule has 0 aliphatic carbocycles. The standard InChI is InChI=1S/C18H16BN5O/c1-24-10-9-21-18(24)16-15(22-12-5-3-2-4-6-12)14-13(23-16)7-8-19(11-20)17(14)25/h2-6,9-10,22-23H,7-8H2,1H3. The highest BCUT2D eigenvalue weighted by atomic mass is 16.1. The van der Waals surface area contributed by atoms with Crippen LogP contribution >= 0.6 is 0 Å². The van der Waals surface area contributed by atoms with Gasteiger partial charge in [-0.2, -0.15) is 0 Å². The monoisotopic (exact) mass is 329 g/mol. The lowest BCUT2D eigenvalue weighted by Gasteiger charge is -2.15. The number of fused-ring (bicyclic) bond motifs is 1. The fourth-order valence-corrected chi connectivity index (χ4v) is 3.29. The highest BCUT2D eigenvalue weighted by Crippen LogP contribution is 2.37. The van der Waals surface area contributed by atoms with E-state index in [1.165, 1.54) is 0 Å². The number of para-hydroxylation sites is 1. The second-order valence-corrected chi connectivity index (χ2v) is 6.17. The summed E-state index contributed by atoms with van der Waals surface area (Å²) in [6.07, 6.45) is 4.81. The molecule has 0 spiro atoms. The number of imidazole rings is 1. The van der Waals surface area contributed by atoms with E-state index in [0.29, 0.717) is 24.0 Å². The van der Waals surface area contributed by atoms with Gasteiger partial charge in [-0.15, -0.1) is 0 Å². The van der Waals surface area contributed by atoms with Crippen molar-refractivity contribution in [2.45, 2.75) is 12.7 Å². The predicted molar refractivity (Wildman–Crippen MR) is 96.9 cm³/mol. The summed E-state index contributed by atoms with van der Waals surface area (Å²) in [5, 5.41) is 12.6. The molecule has 1 aromatic carbocycles. The summed E-state index contributed by atoms with van der Waals surface area (Å²) in [4.78, 5) is 20.6. The normalized spacial score (nSPS) is 13.4. The number of hydrogen-bond acceptors (Lipinski definition) is 4. The van der Waals surface area contributed by atoms with Gasteiger partial charge in [-0.3, -0.25) is 0 Å². The van der Waals surface area contributed by atoms with Crippen molar-refractivity contribution in [1.82, 2.24) is 14.5 Å². The molecule has 6 nitrogen and oxygen atoms in total. The van der Waals surface area contributed by atoms with Gasteiger partial charge in [-0.05, 0) is 24.9 Å². The number of aromatic nitrogens is 3. The highest BCUT2D eigenvalue weighted by molar-refractivity contribution is 6.98. The summed E-state index contributed by atoms with van der Waals surface area (Å²) < 4.78 is 1.90. The van der Waals surface area contributed by atoms with E-state index in [9.17, 15) is 10.1 Å². The van der Waals surface area contributed by atoms with Gasteiger partial charge >= 0.3 is 6.71 Å². The number of carbonyl (C=O) groups is 1. The Bertz CT molecular complexity index is 983. The van der Waals surface area contributed by atoms with Crippen LogP contribution in [-0.2, 0) is 13.5 Å². The van der Waals surface area contributed by atoms with Gasteiger partial charge < -0.3 is 19.7 Å². The average Bonchev–Trinajstić information content (AvgIpc) is 3.20. The van der Waals surface area contributed by atoms with Crippen molar-refractivity contribution in [3.63, 3.8) is 0 Å². The first-order valence-corrected chi connectivity index (χ1v) is 8.17. The molecule has 2 N–H and O–H groups in total. The number of nitrogens with zero attached hydrogens (tertiary/aromatic N) is 3. The number of nitrogens with one attached hydrogen (secondary N) is 2. The summed E-state index contributed by atoms with van der Waals surface area (Å²) in [6, 6.07) is 9.69. The van der Waals surface area contributed by atoms with E-state index >= 15 is 0 Å². The van der Waals surface area contributed by atoms with Crippen molar-refractivity contribution < 1.29 is 4.79 Å². The molecule has 0 radical (unpaired) electrons. The van der Waals surface area contributed by atoms with Crippen LogP contribution in [0, 0.1) is 11.2 Å². The zero-order valence-corrected chi connectivity index (χ0v) is 13.8. The Morgan fingerprint density at radius 2 is 2.16 bits per heavy atom. The van der Waals surface area contributed by atoms with Crippen LogP contribution in [-0.4, -0.2) is 26.9 Å². The fraction of sp³-hybridized carbons (Fsp3) is 0.167. The Kier molecular flexibility index (Phi) is 3.66. The molecule has 0 saturated carbocycles. The van der Waals surface area contributed by atoms with Crippen molar-refractivity contribution in [2.75, 3.05) is 5.32 Å². The minimum Gasteiger partial charge on any atom is -0.354 e.